The molecule has 0 aromatic rings. The van der Waals surface area contributed by atoms with Crippen LogP contribution in [0.2, 0.25) is 0 Å². The third kappa shape index (κ3) is 5.33. The van der Waals surface area contributed by atoms with Crippen molar-refractivity contribution in [2.45, 2.75) is 31.5 Å². The molecule has 1 fully saturated rings. The predicted octanol–water partition coefficient (Wildman–Crippen LogP) is -0.0457. The number of nitrogens with one attached hydrogen (secondary N) is 2. The van der Waals surface area contributed by atoms with E-state index in [2.05, 4.69) is 15.4 Å². The molecule has 7 heteroatoms. The Morgan fingerprint density at radius 3 is 2.78 bits per heavy atom. The fraction of sp³-hybridized carbons (Fsp3) is 0.818. The zero-order valence-electron chi connectivity index (χ0n) is 10.5. The zero-order valence-corrected chi connectivity index (χ0v) is 10.5. The van der Waals surface area contributed by atoms with Crippen LogP contribution in [-0.4, -0.2) is 56.1 Å². The number of hydrogen-bond acceptors (Lipinski definition) is 4. The van der Waals surface area contributed by atoms with Gasteiger partial charge in [0.2, 0.25) is 0 Å². The minimum atomic E-state index is -1.10. The van der Waals surface area contributed by atoms with Gasteiger partial charge in [-0.15, -0.1) is 0 Å². The van der Waals surface area contributed by atoms with Gasteiger partial charge in [-0.25, -0.2) is 9.59 Å². The molecule has 0 aromatic heterocycles. The quantitative estimate of drug-likeness (QED) is 0.622. The molecule has 0 saturated carbocycles. The molecule has 0 bridgehead atoms. The number of urea groups is 1. The van der Waals surface area contributed by atoms with Crippen LogP contribution in [-0.2, 0) is 14.3 Å². The summed E-state index contributed by atoms with van der Waals surface area (Å²) in [6.45, 7) is 1.11. The summed E-state index contributed by atoms with van der Waals surface area (Å²) in [5.41, 5.74) is 0. The van der Waals surface area contributed by atoms with Gasteiger partial charge in [0.15, 0.2) is 6.10 Å². The standard InChI is InChI=1S/C11H20N2O5/c1-17-9(10(14)15)7-13-11(16)12-6-8-4-2-3-5-18-8/h8-9H,2-7H2,1H3,(H,14,15)(H2,12,13,16). The summed E-state index contributed by atoms with van der Waals surface area (Å²) in [6, 6.07) is -0.410. The first-order valence-electron chi connectivity index (χ1n) is 6.02. The van der Waals surface area contributed by atoms with E-state index in [0.29, 0.717) is 6.54 Å². The third-order valence-electron chi connectivity index (χ3n) is 2.77. The third-order valence-corrected chi connectivity index (χ3v) is 2.77. The Labute approximate surface area is 106 Å². The number of carbonyl (C=O) groups excluding carboxylic acids is 1. The van der Waals surface area contributed by atoms with Crippen molar-refractivity contribution in [2.24, 2.45) is 0 Å². The molecule has 1 aliphatic heterocycles. The normalized spacial score (nSPS) is 21.1. The highest BCUT2D eigenvalue weighted by Crippen LogP contribution is 2.11. The highest BCUT2D eigenvalue weighted by molar-refractivity contribution is 5.76. The Kier molecular flexibility index (Phi) is 6.45. The molecule has 1 aliphatic rings. The fourth-order valence-corrected chi connectivity index (χ4v) is 1.69. The Bertz CT molecular complexity index is 279. The van der Waals surface area contributed by atoms with Crippen LogP contribution in [0.1, 0.15) is 19.3 Å². The molecule has 1 heterocycles. The van der Waals surface area contributed by atoms with E-state index < -0.39 is 18.1 Å². The molecule has 2 atom stereocenters. The summed E-state index contributed by atoms with van der Waals surface area (Å²) in [4.78, 5) is 22.0. The summed E-state index contributed by atoms with van der Waals surface area (Å²) in [5, 5.41) is 13.8. The van der Waals surface area contributed by atoms with Crippen molar-refractivity contribution in [3.05, 3.63) is 0 Å². The number of rotatable bonds is 6. The Balaban J connectivity index is 2.14. The lowest BCUT2D eigenvalue weighted by atomic mass is 10.1. The second kappa shape index (κ2) is 7.88. The summed E-state index contributed by atoms with van der Waals surface area (Å²) in [6.07, 6.45) is 2.15. The van der Waals surface area contributed by atoms with Gasteiger partial charge in [0.25, 0.3) is 0 Å². The maximum atomic E-state index is 11.4. The van der Waals surface area contributed by atoms with Gasteiger partial charge in [-0.2, -0.15) is 0 Å². The second-order valence-corrected chi connectivity index (χ2v) is 4.14. The van der Waals surface area contributed by atoms with E-state index >= 15 is 0 Å². The van der Waals surface area contributed by atoms with Crippen LogP contribution in [0.15, 0.2) is 0 Å². The monoisotopic (exact) mass is 260 g/mol. The van der Waals surface area contributed by atoms with Crippen LogP contribution in [0.3, 0.4) is 0 Å². The number of aliphatic carboxylic acids is 1. The van der Waals surface area contributed by atoms with E-state index in [1.165, 1.54) is 7.11 Å². The summed E-state index contributed by atoms with van der Waals surface area (Å²) in [7, 11) is 1.29. The molecular formula is C11H20N2O5. The van der Waals surface area contributed by atoms with E-state index in [-0.39, 0.29) is 12.6 Å². The lowest BCUT2D eigenvalue weighted by Gasteiger charge is -2.22. The van der Waals surface area contributed by atoms with Gasteiger partial charge in [0.05, 0.1) is 12.6 Å². The van der Waals surface area contributed by atoms with Crippen LogP contribution in [0.5, 0.6) is 0 Å². The minimum Gasteiger partial charge on any atom is -0.479 e. The van der Waals surface area contributed by atoms with E-state index in [4.69, 9.17) is 9.84 Å². The van der Waals surface area contributed by atoms with Gasteiger partial charge >= 0.3 is 12.0 Å². The van der Waals surface area contributed by atoms with Gasteiger partial charge in [0, 0.05) is 20.3 Å². The topological polar surface area (TPSA) is 96.9 Å². The average Bonchev–Trinajstić information content (AvgIpc) is 2.38. The number of carboxylic acids is 1. The Morgan fingerprint density at radius 2 is 2.22 bits per heavy atom. The fourth-order valence-electron chi connectivity index (χ4n) is 1.69. The molecular weight excluding hydrogens is 240 g/mol. The molecule has 0 aliphatic carbocycles. The van der Waals surface area contributed by atoms with Crippen molar-refractivity contribution >= 4 is 12.0 Å². The van der Waals surface area contributed by atoms with Gasteiger partial charge in [-0.3, -0.25) is 0 Å². The number of methoxy groups -OCH3 is 1. The van der Waals surface area contributed by atoms with Crippen LogP contribution in [0, 0.1) is 0 Å². The molecule has 3 N–H and O–H groups in total. The average molecular weight is 260 g/mol. The van der Waals surface area contributed by atoms with E-state index in [0.717, 1.165) is 25.9 Å². The van der Waals surface area contributed by atoms with Crippen molar-refractivity contribution < 1.29 is 24.2 Å². The van der Waals surface area contributed by atoms with Crippen LogP contribution < -0.4 is 10.6 Å². The number of ether oxygens (including phenoxy) is 2. The summed E-state index contributed by atoms with van der Waals surface area (Å²) < 4.78 is 10.1. The van der Waals surface area contributed by atoms with E-state index in [1.807, 2.05) is 0 Å². The lowest BCUT2D eigenvalue weighted by Crippen LogP contribution is -2.45. The van der Waals surface area contributed by atoms with Crippen molar-refractivity contribution in [1.82, 2.24) is 10.6 Å². The molecule has 1 rings (SSSR count). The maximum absolute atomic E-state index is 11.4. The maximum Gasteiger partial charge on any atom is 0.334 e. The van der Waals surface area contributed by atoms with Gasteiger partial charge in [-0.05, 0) is 19.3 Å². The largest absolute Gasteiger partial charge is 0.479 e. The van der Waals surface area contributed by atoms with Crippen molar-refractivity contribution in [3.8, 4) is 0 Å². The van der Waals surface area contributed by atoms with Crippen LogP contribution in [0.25, 0.3) is 0 Å². The van der Waals surface area contributed by atoms with Crippen molar-refractivity contribution in [2.75, 3.05) is 26.8 Å². The van der Waals surface area contributed by atoms with E-state index in [9.17, 15) is 9.59 Å². The van der Waals surface area contributed by atoms with Crippen LogP contribution >= 0.6 is 0 Å². The highest BCUT2D eigenvalue weighted by Gasteiger charge is 2.18. The predicted molar refractivity (Wildman–Crippen MR) is 63.4 cm³/mol. The summed E-state index contributed by atoms with van der Waals surface area (Å²) >= 11 is 0. The Hall–Kier alpha value is -1.34. The molecule has 0 radical (unpaired) electrons. The first kappa shape index (κ1) is 14.7. The molecule has 18 heavy (non-hydrogen) atoms. The molecule has 0 spiro atoms. The van der Waals surface area contributed by atoms with Gasteiger partial charge < -0.3 is 25.2 Å². The molecule has 104 valence electrons. The number of amides is 2. The van der Waals surface area contributed by atoms with Gasteiger partial charge in [-0.1, -0.05) is 0 Å². The van der Waals surface area contributed by atoms with E-state index in [1.54, 1.807) is 0 Å². The first-order chi connectivity index (χ1) is 8.63. The minimum absolute atomic E-state index is 0.0576. The SMILES string of the molecule is COC(CNC(=O)NCC1CCCCO1)C(=O)O. The molecule has 0 aromatic carbocycles. The number of hydrogen-bond donors (Lipinski definition) is 3. The van der Waals surface area contributed by atoms with Crippen molar-refractivity contribution in [1.29, 1.82) is 0 Å². The molecule has 7 nitrogen and oxygen atoms in total. The Morgan fingerprint density at radius 1 is 1.44 bits per heavy atom. The second-order valence-electron chi connectivity index (χ2n) is 4.14. The van der Waals surface area contributed by atoms with Gasteiger partial charge in [0.1, 0.15) is 0 Å². The highest BCUT2D eigenvalue weighted by atomic mass is 16.5. The van der Waals surface area contributed by atoms with Crippen molar-refractivity contribution in [3.63, 3.8) is 0 Å². The number of carboxylic acid groups (broad SMARTS) is 1. The zero-order chi connectivity index (χ0) is 13.4. The molecule has 2 unspecified atom stereocenters. The lowest BCUT2D eigenvalue weighted by molar-refractivity contribution is -0.147. The molecule has 2 amide bonds. The molecule has 1 saturated heterocycles. The smallest absolute Gasteiger partial charge is 0.334 e. The van der Waals surface area contributed by atoms with Crippen LogP contribution in [0.4, 0.5) is 4.79 Å². The summed E-state index contributed by atoms with van der Waals surface area (Å²) in [5.74, 6) is -1.10. The number of carbonyl (C=O) groups is 2. The first-order valence-corrected chi connectivity index (χ1v) is 6.02.